The smallest absolute Gasteiger partial charge is 0.168 e. The number of rotatable bonds is 5. The van der Waals surface area contributed by atoms with Crippen LogP contribution in [0.1, 0.15) is 0 Å². The summed E-state index contributed by atoms with van der Waals surface area (Å²) in [5.41, 5.74) is 4.05. The molecule has 1 aliphatic rings. The molecule has 0 saturated carbocycles. The van der Waals surface area contributed by atoms with Crippen molar-refractivity contribution in [2.45, 2.75) is 0 Å². The fourth-order valence-electron chi connectivity index (χ4n) is 4.23. The van der Waals surface area contributed by atoms with Crippen LogP contribution in [-0.4, -0.2) is 67.1 Å². The Kier molecular flexibility index (Phi) is 5.26. The van der Waals surface area contributed by atoms with Crippen molar-refractivity contribution in [2.24, 2.45) is 0 Å². The van der Waals surface area contributed by atoms with Crippen molar-refractivity contribution in [1.82, 2.24) is 19.7 Å². The van der Waals surface area contributed by atoms with Crippen LogP contribution in [0.2, 0.25) is 0 Å². The number of para-hydroxylation sites is 2. The third-order valence-corrected chi connectivity index (χ3v) is 5.94. The van der Waals surface area contributed by atoms with Gasteiger partial charge in [0.2, 0.25) is 0 Å². The van der Waals surface area contributed by atoms with Crippen molar-refractivity contribution in [1.29, 1.82) is 0 Å². The van der Waals surface area contributed by atoms with Crippen molar-refractivity contribution in [3.8, 4) is 11.4 Å². The van der Waals surface area contributed by atoms with Crippen LogP contribution < -0.4 is 19.4 Å². The molecule has 1 saturated heterocycles. The van der Waals surface area contributed by atoms with Crippen LogP contribution in [0, 0.1) is 0 Å². The largest absolute Gasteiger partial charge is 0.495 e. The van der Waals surface area contributed by atoms with Gasteiger partial charge in [0.15, 0.2) is 5.65 Å². The van der Waals surface area contributed by atoms with E-state index in [1.54, 1.807) is 13.4 Å². The zero-order valence-corrected chi connectivity index (χ0v) is 18.6. The maximum absolute atomic E-state index is 5.55. The van der Waals surface area contributed by atoms with Crippen LogP contribution in [0.5, 0.6) is 5.75 Å². The van der Waals surface area contributed by atoms with Gasteiger partial charge in [0.25, 0.3) is 0 Å². The van der Waals surface area contributed by atoms with E-state index in [4.69, 9.17) is 4.74 Å². The van der Waals surface area contributed by atoms with Gasteiger partial charge in [0.1, 0.15) is 17.9 Å². The Hall–Kier alpha value is -3.81. The minimum Gasteiger partial charge on any atom is -0.495 e. The molecule has 0 aliphatic carbocycles. The van der Waals surface area contributed by atoms with Crippen molar-refractivity contribution in [3.63, 3.8) is 0 Å². The Balaban J connectivity index is 1.41. The standard InChI is InChI=1S/C24H27N7O/c1-28(2)18-7-6-8-19(15-18)31-24-20(16-27-31)23(25-17-26-24)30-13-11-29(12-14-30)21-9-4-5-10-22(21)32-3/h4-10,15-17H,11-14H2,1-3H3. The third kappa shape index (κ3) is 3.57. The van der Waals surface area contributed by atoms with E-state index in [0.717, 1.165) is 65.8 Å². The maximum atomic E-state index is 5.55. The molecular formula is C24H27N7O. The third-order valence-electron chi connectivity index (χ3n) is 5.94. The molecule has 0 bridgehead atoms. The topological polar surface area (TPSA) is 62.6 Å². The van der Waals surface area contributed by atoms with Crippen molar-refractivity contribution >= 4 is 28.2 Å². The SMILES string of the molecule is COc1ccccc1N1CCN(c2ncnc3c2cnn3-c2cccc(N(C)C)c2)CC1. The van der Waals surface area contributed by atoms with Gasteiger partial charge in [-0.3, -0.25) is 0 Å². The molecule has 3 heterocycles. The number of hydrogen-bond donors (Lipinski definition) is 0. The summed E-state index contributed by atoms with van der Waals surface area (Å²) >= 11 is 0. The second-order valence-corrected chi connectivity index (χ2v) is 8.05. The lowest BCUT2D eigenvalue weighted by molar-refractivity contribution is 0.413. The molecule has 0 spiro atoms. The molecule has 1 aliphatic heterocycles. The van der Waals surface area contributed by atoms with Crippen LogP contribution in [0.25, 0.3) is 16.7 Å². The molecular weight excluding hydrogens is 402 g/mol. The van der Waals surface area contributed by atoms with Gasteiger partial charge >= 0.3 is 0 Å². The van der Waals surface area contributed by atoms with Crippen molar-refractivity contribution in [2.75, 3.05) is 62.1 Å². The second-order valence-electron chi connectivity index (χ2n) is 8.05. The maximum Gasteiger partial charge on any atom is 0.168 e. The first-order valence-electron chi connectivity index (χ1n) is 10.7. The zero-order chi connectivity index (χ0) is 22.1. The van der Waals surface area contributed by atoms with Gasteiger partial charge in [-0.25, -0.2) is 14.6 Å². The fraction of sp³-hybridized carbons (Fsp3) is 0.292. The van der Waals surface area contributed by atoms with Gasteiger partial charge in [-0.2, -0.15) is 5.10 Å². The predicted molar refractivity (Wildman–Crippen MR) is 128 cm³/mol. The first-order valence-corrected chi connectivity index (χ1v) is 10.7. The van der Waals surface area contributed by atoms with Gasteiger partial charge in [0, 0.05) is 46.0 Å². The predicted octanol–water partition coefficient (Wildman–Crippen LogP) is 3.22. The average Bonchev–Trinajstić information content (AvgIpc) is 3.28. The van der Waals surface area contributed by atoms with Crippen LogP contribution >= 0.6 is 0 Å². The molecule has 0 N–H and O–H groups in total. The number of nitrogens with zero attached hydrogens (tertiary/aromatic N) is 7. The van der Waals surface area contributed by atoms with Gasteiger partial charge in [-0.1, -0.05) is 18.2 Å². The molecule has 8 heteroatoms. The molecule has 2 aromatic heterocycles. The average molecular weight is 430 g/mol. The number of aromatic nitrogens is 4. The summed E-state index contributed by atoms with van der Waals surface area (Å²) in [6.07, 6.45) is 3.51. The normalized spacial score (nSPS) is 14.1. The van der Waals surface area contributed by atoms with Gasteiger partial charge in [-0.05, 0) is 30.3 Å². The van der Waals surface area contributed by atoms with E-state index >= 15 is 0 Å². The Morgan fingerprint density at radius 2 is 1.69 bits per heavy atom. The highest BCUT2D eigenvalue weighted by Crippen LogP contribution is 2.31. The number of ether oxygens (including phenoxy) is 1. The number of hydrogen-bond acceptors (Lipinski definition) is 7. The molecule has 0 atom stereocenters. The fourth-order valence-corrected chi connectivity index (χ4v) is 4.23. The Labute approximate surface area is 187 Å². The molecule has 5 rings (SSSR count). The van der Waals surface area contributed by atoms with E-state index in [-0.39, 0.29) is 0 Å². The Morgan fingerprint density at radius 1 is 0.906 bits per heavy atom. The minimum atomic E-state index is 0.818. The quantitative estimate of drug-likeness (QED) is 0.483. The Morgan fingerprint density at radius 3 is 2.47 bits per heavy atom. The highest BCUT2D eigenvalue weighted by molar-refractivity contribution is 5.88. The number of fused-ring (bicyclic) bond motifs is 1. The molecule has 0 unspecified atom stereocenters. The molecule has 4 aromatic rings. The van der Waals surface area contributed by atoms with E-state index in [0.29, 0.717) is 0 Å². The number of anilines is 3. The van der Waals surface area contributed by atoms with Crippen LogP contribution in [0.15, 0.2) is 61.1 Å². The molecule has 0 radical (unpaired) electrons. The molecule has 2 aromatic carbocycles. The summed E-state index contributed by atoms with van der Waals surface area (Å²) < 4.78 is 7.43. The first-order chi connectivity index (χ1) is 15.7. The number of methoxy groups -OCH3 is 1. The second kappa shape index (κ2) is 8.37. The van der Waals surface area contributed by atoms with E-state index in [1.807, 2.05) is 49.2 Å². The van der Waals surface area contributed by atoms with Crippen LogP contribution in [-0.2, 0) is 0 Å². The number of piperazine rings is 1. The molecule has 0 amide bonds. The molecule has 164 valence electrons. The zero-order valence-electron chi connectivity index (χ0n) is 18.6. The molecule has 8 nitrogen and oxygen atoms in total. The summed E-state index contributed by atoms with van der Waals surface area (Å²) in [6, 6.07) is 16.5. The van der Waals surface area contributed by atoms with E-state index in [2.05, 4.69) is 54.0 Å². The summed E-state index contributed by atoms with van der Waals surface area (Å²) in [5, 5.41) is 5.61. The lowest BCUT2D eigenvalue weighted by atomic mass is 10.2. The monoisotopic (exact) mass is 429 g/mol. The van der Waals surface area contributed by atoms with E-state index < -0.39 is 0 Å². The van der Waals surface area contributed by atoms with Crippen molar-refractivity contribution in [3.05, 3.63) is 61.1 Å². The summed E-state index contributed by atoms with van der Waals surface area (Å²) in [4.78, 5) is 15.9. The summed E-state index contributed by atoms with van der Waals surface area (Å²) in [6.45, 7) is 3.52. The van der Waals surface area contributed by atoms with Gasteiger partial charge < -0.3 is 19.4 Å². The lowest BCUT2D eigenvalue weighted by Crippen LogP contribution is -2.47. The van der Waals surface area contributed by atoms with Gasteiger partial charge in [-0.15, -0.1) is 0 Å². The summed E-state index contributed by atoms with van der Waals surface area (Å²) in [7, 11) is 5.79. The van der Waals surface area contributed by atoms with Crippen molar-refractivity contribution < 1.29 is 4.74 Å². The van der Waals surface area contributed by atoms with Crippen LogP contribution in [0.4, 0.5) is 17.2 Å². The Bertz CT molecular complexity index is 1230. The van der Waals surface area contributed by atoms with E-state index in [1.165, 1.54) is 0 Å². The molecule has 32 heavy (non-hydrogen) atoms. The molecule has 1 fully saturated rings. The lowest BCUT2D eigenvalue weighted by Gasteiger charge is -2.37. The first kappa shape index (κ1) is 20.1. The highest BCUT2D eigenvalue weighted by Gasteiger charge is 2.23. The number of benzene rings is 2. The van der Waals surface area contributed by atoms with Crippen LogP contribution in [0.3, 0.4) is 0 Å². The summed E-state index contributed by atoms with van der Waals surface area (Å²) in [5.74, 6) is 1.84. The highest BCUT2D eigenvalue weighted by atomic mass is 16.5. The minimum absolute atomic E-state index is 0.818. The van der Waals surface area contributed by atoms with Gasteiger partial charge in [0.05, 0.1) is 30.1 Å². The van der Waals surface area contributed by atoms with E-state index in [9.17, 15) is 0 Å².